The fraction of sp³-hybridized carbons (Fsp3) is 0.160. The first-order valence-corrected chi connectivity index (χ1v) is 11.0. The summed E-state index contributed by atoms with van der Waals surface area (Å²) in [6, 6.07) is 26.3. The number of benzene rings is 3. The Hall–Kier alpha value is -3.18. The molecule has 4 nitrogen and oxygen atoms in total. The lowest BCUT2D eigenvalue weighted by molar-refractivity contribution is -0.139. The number of carboxylic acid groups (broad SMARTS) is 1. The quantitative estimate of drug-likeness (QED) is 0.388. The number of carbonyl (C=O) groups is 1. The lowest BCUT2D eigenvalue weighted by atomic mass is 10.1. The van der Waals surface area contributed by atoms with Crippen LogP contribution in [0.25, 0.3) is 22.1 Å². The number of para-hydroxylation sites is 1. The molecule has 4 aromatic rings. The van der Waals surface area contributed by atoms with Crippen molar-refractivity contribution in [2.24, 2.45) is 0 Å². The van der Waals surface area contributed by atoms with E-state index in [4.69, 9.17) is 14.3 Å². The highest BCUT2D eigenvalue weighted by molar-refractivity contribution is 7.98. The number of thioether (sulfide) groups is 1. The number of aryl methyl sites for hydroxylation is 1. The van der Waals surface area contributed by atoms with Gasteiger partial charge in [0.25, 0.3) is 0 Å². The van der Waals surface area contributed by atoms with Crippen LogP contribution in [0.1, 0.15) is 5.56 Å². The van der Waals surface area contributed by atoms with E-state index in [1.54, 1.807) is 24.1 Å². The molecule has 0 aliphatic rings. The van der Waals surface area contributed by atoms with E-state index < -0.39 is 5.97 Å². The molecule has 5 heteroatoms. The van der Waals surface area contributed by atoms with Gasteiger partial charge in [0.1, 0.15) is 0 Å². The Morgan fingerprint density at radius 2 is 1.57 bits per heavy atom. The van der Waals surface area contributed by atoms with Gasteiger partial charge in [0.05, 0.1) is 6.26 Å². The van der Waals surface area contributed by atoms with Crippen LogP contribution >= 0.6 is 11.8 Å². The lowest BCUT2D eigenvalue weighted by Gasteiger charge is -2.03. The summed E-state index contributed by atoms with van der Waals surface area (Å²) in [4.78, 5) is 10.5. The molecule has 0 spiro atoms. The van der Waals surface area contributed by atoms with Crippen molar-refractivity contribution >= 4 is 28.7 Å². The number of rotatable bonds is 7. The first kappa shape index (κ1) is 21.5. The van der Waals surface area contributed by atoms with E-state index in [0.29, 0.717) is 11.3 Å². The highest BCUT2D eigenvalue weighted by Gasteiger charge is 2.11. The third-order valence-corrected chi connectivity index (χ3v) is 5.06. The van der Waals surface area contributed by atoms with Gasteiger partial charge in [0.2, 0.25) is 0 Å². The maximum absolute atomic E-state index is 10.5. The van der Waals surface area contributed by atoms with E-state index in [9.17, 15) is 4.79 Å². The minimum absolute atomic E-state index is 0.361. The Kier molecular flexibility index (Phi) is 7.98. The minimum atomic E-state index is -0.999. The smallest absolute Gasteiger partial charge is 0.341 e. The first-order chi connectivity index (χ1) is 14.7. The number of aliphatic carboxylic acids is 1. The van der Waals surface area contributed by atoms with Crippen LogP contribution in [0.2, 0.25) is 0 Å². The van der Waals surface area contributed by atoms with Gasteiger partial charge >= 0.3 is 5.97 Å². The summed E-state index contributed by atoms with van der Waals surface area (Å²) in [6.45, 7) is -0.361. The van der Waals surface area contributed by atoms with Crippen molar-refractivity contribution in [3.63, 3.8) is 0 Å². The Morgan fingerprint density at radius 3 is 2.13 bits per heavy atom. The molecular weight excluding hydrogens is 396 g/mol. The number of fused-ring (bicyclic) bond motifs is 1. The van der Waals surface area contributed by atoms with Crippen LogP contribution in [0, 0.1) is 0 Å². The predicted molar refractivity (Wildman–Crippen MR) is 123 cm³/mol. The molecule has 0 amide bonds. The third-order valence-electron chi connectivity index (χ3n) is 4.45. The van der Waals surface area contributed by atoms with Gasteiger partial charge in [-0.3, -0.25) is 0 Å². The average molecular weight is 421 g/mol. The summed E-state index contributed by atoms with van der Waals surface area (Å²) in [5.74, 6) is 0.501. The van der Waals surface area contributed by atoms with Crippen molar-refractivity contribution in [2.45, 2.75) is 6.42 Å². The topological polar surface area (TPSA) is 59.7 Å². The second-order valence-electron chi connectivity index (χ2n) is 6.55. The summed E-state index contributed by atoms with van der Waals surface area (Å²) < 4.78 is 10.7. The molecule has 154 valence electrons. The molecule has 1 heterocycles. The van der Waals surface area contributed by atoms with Gasteiger partial charge in [-0.05, 0) is 41.2 Å². The van der Waals surface area contributed by atoms with Crippen molar-refractivity contribution in [2.75, 3.05) is 18.6 Å². The van der Waals surface area contributed by atoms with Gasteiger partial charge in [-0.15, -0.1) is 0 Å². The number of ether oxygens (including phenoxy) is 1. The van der Waals surface area contributed by atoms with Crippen LogP contribution in [-0.2, 0) is 11.2 Å². The van der Waals surface area contributed by atoms with Gasteiger partial charge in [0.15, 0.2) is 17.9 Å². The number of hydrogen-bond donors (Lipinski definition) is 1. The Labute approximate surface area is 180 Å². The molecule has 0 atom stereocenters. The van der Waals surface area contributed by atoms with Crippen molar-refractivity contribution < 1.29 is 19.1 Å². The molecule has 0 bridgehead atoms. The van der Waals surface area contributed by atoms with Crippen molar-refractivity contribution in [3.05, 3.63) is 90.7 Å². The van der Waals surface area contributed by atoms with Crippen LogP contribution < -0.4 is 4.74 Å². The Balaban J connectivity index is 0.000000184. The summed E-state index contributed by atoms with van der Waals surface area (Å²) in [5.41, 5.74) is 4.30. The zero-order chi connectivity index (χ0) is 21.2. The molecule has 1 aromatic heterocycles. The molecule has 4 rings (SSSR count). The Morgan fingerprint density at radius 1 is 0.933 bits per heavy atom. The van der Waals surface area contributed by atoms with Crippen LogP contribution in [0.3, 0.4) is 0 Å². The van der Waals surface area contributed by atoms with Gasteiger partial charge in [-0.2, -0.15) is 11.8 Å². The van der Waals surface area contributed by atoms with Gasteiger partial charge in [-0.1, -0.05) is 72.8 Å². The molecule has 0 saturated carbocycles. The molecule has 30 heavy (non-hydrogen) atoms. The average Bonchev–Trinajstić information content (AvgIpc) is 3.21. The molecular formula is C25H24O4S. The summed E-state index contributed by atoms with van der Waals surface area (Å²) >= 11 is 1.78. The van der Waals surface area contributed by atoms with E-state index in [1.165, 1.54) is 11.1 Å². The van der Waals surface area contributed by atoms with Gasteiger partial charge < -0.3 is 14.3 Å². The molecule has 0 fully saturated rings. The van der Waals surface area contributed by atoms with Crippen LogP contribution in [0.5, 0.6) is 5.75 Å². The highest BCUT2D eigenvalue weighted by Crippen LogP contribution is 2.30. The fourth-order valence-corrected chi connectivity index (χ4v) is 3.43. The van der Waals surface area contributed by atoms with E-state index in [-0.39, 0.29) is 6.61 Å². The zero-order valence-corrected chi connectivity index (χ0v) is 17.6. The van der Waals surface area contributed by atoms with E-state index >= 15 is 0 Å². The van der Waals surface area contributed by atoms with Crippen molar-refractivity contribution in [1.82, 2.24) is 0 Å². The summed E-state index contributed by atoms with van der Waals surface area (Å²) in [6.07, 6.45) is 4.70. The molecule has 0 aliphatic carbocycles. The maximum atomic E-state index is 10.5. The number of hydrogen-bond acceptors (Lipinski definition) is 4. The van der Waals surface area contributed by atoms with Crippen LogP contribution in [-0.4, -0.2) is 29.7 Å². The minimum Gasteiger partial charge on any atom is -0.479 e. The second-order valence-corrected chi connectivity index (χ2v) is 7.54. The Bertz CT molecular complexity index is 1020. The molecule has 0 saturated heterocycles. The largest absolute Gasteiger partial charge is 0.479 e. The van der Waals surface area contributed by atoms with E-state index in [2.05, 4.69) is 54.8 Å². The second kappa shape index (κ2) is 11.1. The van der Waals surface area contributed by atoms with Gasteiger partial charge in [-0.25, -0.2) is 4.79 Å². The lowest BCUT2D eigenvalue weighted by Crippen LogP contribution is -2.09. The van der Waals surface area contributed by atoms with Crippen LogP contribution in [0.15, 0.2) is 89.5 Å². The maximum Gasteiger partial charge on any atom is 0.341 e. The first-order valence-electron chi connectivity index (χ1n) is 9.62. The van der Waals surface area contributed by atoms with Crippen molar-refractivity contribution in [3.8, 4) is 16.9 Å². The SMILES string of the molecule is CSCCc1coc2c(OCC(=O)O)cccc12.c1ccc(-c2ccccc2)cc1. The number of furan rings is 1. The molecule has 3 aromatic carbocycles. The standard InChI is InChI=1S/C13H14O4S.C12H10/c1-18-6-5-9-7-17-13-10(9)3-2-4-11(13)16-8-12(14)15;1-3-7-11(8-4-1)12-9-5-2-6-10-12/h2-4,7H,5-6,8H2,1H3,(H,14,15);1-10H. The highest BCUT2D eigenvalue weighted by atomic mass is 32.2. The summed E-state index contributed by atoms with van der Waals surface area (Å²) in [7, 11) is 0. The third kappa shape index (κ3) is 5.91. The molecule has 0 radical (unpaired) electrons. The predicted octanol–water partition coefficient (Wildman–Crippen LogP) is 6.16. The van der Waals surface area contributed by atoms with E-state index in [1.807, 2.05) is 24.3 Å². The summed E-state index contributed by atoms with van der Waals surface area (Å²) in [5, 5.41) is 9.60. The zero-order valence-electron chi connectivity index (χ0n) is 16.8. The monoisotopic (exact) mass is 420 g/mol. The van der Waals surface area contributed by atoms with Crippen molar-refractivity contribution in [1.29, 1.82) is 0 Å². The number of carboxylic acids is 1. The fourth-order valence-electron chi connectivity index (χ4n) is 3.00. The van der Waals surface area contributed by atoms with Gasteiger partial charge in [0, 0.05) is 5.39 Å². The van der Waals surface area contributed by atoms with Crippen LogP contribution in [0.4, 0.5) is 0 Å². The molecule has 0 unspecified atom stereocenters. The molecule has 1 N–H and O–H groups in total. The molecule has 0 aliphatic heterocycles. The normalized spacial score (nSPS) is 10.3. The van der Waals surface area contributed by atoms with E-state index in [0.717, 1.165) is 23.1 Å².